The summed E-state index contributed by atoms with van der Waals surface area (Å²) in [6.45, 7) is 2.15. The molecule has 1 aliphatic heterocycles. The minimum absolute atomic E-state index is 0.107. The molecule has 1 N–H and O–H groups in total. The van der Waals surface area contributed by atoms with E-state index in [1.165, 1.54) is 32.1 Å². The van der Waals surface area contributed by atoms with E-state index in [0.29, 0.717) is 0 Å². The summed E-state index contributed by atoms with van der Waals surface area (Å²) in [7, 11) is 0. The Morgan fingerprint density at radius 2 is 1.50 bits per heavy atom. The summed E-state index contributed by atoms with van der Waals surface area (Å²) in [6, 6.07) is 12.2. The fourth-order valence-electron chi connectivity index (χ4n) is 6.97. The van der Waals surface area contributed by atoms with Crippen LogP contribution in [-0.2, 0) is 4.79 Å². The lowest BCUT2D eigenvalue weighted by Gasteiger charge is -2.55. The van der Waals surface area contributed by atoms with Crippen LogP contribution < -0.4 is 10.2 Å². The zero-order chi connectivity index (χ0) is 20.1. The smallest absolute Gasteiger partial charge is 0.230 e. The summed E-state index contributed by atoms with van der Waals surface area (Å²) >= 11 is 0. The molecule has 7 rings (SSSR count). The number of hydrogen-bond acceptors (Lipinski definition) is 4. The molecule has 5 aliphatic rings. The Bertz CT molecular complexity index is 895. The van der Waals surface area contributed by atoms with Crippen LogP contribution in [0.2, 0.25) is 0 Å². The van der Waals surface area contributed by atoms with E-state index in [-0.39, 0.29) is 11.3 Å². The Morgan fingerprint density at radius 3 is 2.07 bits per heavy atom. The van der Waals surface area contributed by atoms with E-state index in [1.807, 2.05) is 30.3 Å². The third-order valence-corrected chi connectivity index (χ3v) is 8.04. The number of nitrogens with zero attached hydrogens (tertiary/aromatic N) is 3. The fraction of sp³-hybridized carbons (Fsp3) is 0.560. The first-order valence-electron chi connectivity index (χ1n) is 11.7. The lowest BCUT2D eigenvalue weighted by molar-refractivity contribution is -0.140. The average molecular weight is 403 g/mol. The van der Waals surface area contributed by atoms with E-state index in [0.717, 1.165) is 72.9 Å². The molecule has 0 unspecified atom stereocenters. The van der Waals surface area contributed by atoms with Gasteiger partial charge in [-0.3, -0.25) is 4.79 Å². The number of carbonyl (C=O) groups excluding carboxylic acids is 1. The first kappa shape index (κ1) is 18.3. The van der Waals surface area contributed by atoms with Gasteiger partial charge in [0.25, 0.3) is 0 Å². The second-order valence-electron chi connectivity index (χ2n) is 10.2. The number of amides is 1. The summed E-state index contributed by atoms with van der Waals surface area (Å²) in [6.07, 6.45) is 9.85. The van der Waals surface area contributed by atoms with Gasteiger partial charge in [0.15, 0.2) is 5.82 Å². The van der Waals surface area contributed by atoms with Gasteiger partial charge in [-0.2, -0.15) is 0 Å². The summed E-state index contributed by atoms with van der Waals surface area (Å²) < 4.78 is 0. The van der Waals surface area contributed by atoms with Gasteiger partial charge in [-0.25, -0.2) is 0 Å². The van der Waals surface area contributed by atoms with Crippen molar-refractivity contribution in [1.29, 1.82) is 0 Å². The lowest BCUT2D eigenvalue weighted by atomic mass is 9.49. The van der Waals surface area contributed by atoms with Crippen LogP contribution in [0.4, 0.5) is 11.5 Å². The molecule has 30 heavy (non-hydrogen) atoms. The largest absolute Gasteiger partial charge is 0.355 e. The minimum atomic E-state index is -0.107. The highest BCUT2D eigenvalue weighted by Gasteiger charge is 2.54. The molecule has 1 aromatic heterocycles. The van der Waals surface area contributed by atoms with Crippen LogP contribution in [0.3, 0.4) is 0 Å². The van der Waals surface area contributed by atoms with Crippen LogP contribution in [0, 0.1) is 23.2 Å². The van der Waals surface area contributed by atoms with Crippen molar-refractivity contribution in [3.05, 3.63) is 36.4 Å². The Kier molecular flexibility index (Phi) is 4.32. The Balaban J connectivity index is 1.14. The van der Waals surface area contributed by atoms with Crippen molar-refractivity contribution in [3.63, 3.8) is 0 Å². The Labute approximate surface area is 178 Å². The van der Waals surface area contributed by atoms with E-state index in [9.17, 15) is 4.79 Å². The predicted octanol–water partition coefficient (Wildman–Crippen LogP) is 4.90. The molecular formula is C25H30N4O. The maximum Gasteiger partial charge on any atom is 0.230 e. The molecule has 0 radical (unpaired) electrons. The highest BCUT2D eigenvalue weighted by atomic mass is 16.2. The van der Waals surface area contributed by atoms with Crippen LogP contribution in [0.25, 0.3) is 11.3 Å². The van der Waals surface area contributed by atoms with E-state index < -0.39 is 0 Å². The van der Waals surface area contributed by atoms with Gasteiger partial charge in [0.1, 0.15) is 0 Å². The molecule has 1 aromatic carbocycles. The molecule has 156 valence electrons. The number of carbonyl (C=O) groups is 1. The van der Waals surface area contributed by atoms with Gasteiger partial charge < -0.3 is 10.2 Å². The van der Waals surface area contributed by atoms with Gasteiger partial charge in [-0.15, -0.1) is 10.2 Å². The van der Waals surface area contributed by atoms with E-state index in [2.05, 4.69) is 26.5 Å². The maximum absolute atomic E-state index is 13.2. The molecule has 5 fully saturated rings. The number of hydrogen-bond donors (Lipinski definition) is 1. The first-order valence-corrected chi connectivity index (χ1v) is 11.7. The molecule has 5 nitrogen and oxygen atoms in total. The summed E-state index contributed by atoms with van der Waals surface area (Å²) in [5.41, 5.74) is 2.69. The molecule has 2 aromatic rings. The highest BCUT2D eigenvalue weighted by Crippen LogP contribution is 2.60. The van der Waals surface area contributed by atoms with Gasteiger partial charge in [-0.1, -0.05) is 12.1 Å². The number of aromatic nitrogens is 2. The molecular weight excluding hydrogens is 372 g/mol. The Hall–Kier alpha value is -2.43. The molecule has 4 aliphatic carbocycles. The molecule has 4 bridgehead atoms. The van der Waals surface area contributed by atoms with Crippen LogP contribution in [-0.4, -0.2) is 29.2 Å². The van der Waals surface area contributed by atoms with Crippen molar-refractivity contribution in [2.24, 2.45) is 23.2 Å². The summed E-state index contributed by atoms with van der Waals surface area (Å²) in [4.78, 5) is 15.5. The average Bonchev–Trinajstić information content (AvgIpc) is 3.28. The van der Waals surface area contributed by atoms with Gasteiger partial charge >= 0.3 is 0 Å². The number of rotatable bonds is 4. The second-order valence-corrected chi connectivity index (χ2v) is 10.2. The van der Waals surface area contributed by atoms with E-state index in [1.54, 1.807) is 0 Å². The molecule has 0 spiro atoms. The maximum atomic E-state index is 13.2. The van der Waals surface area contributed by atoms with Gasteiger partial charge in [-0.05, 0) is 93.4 Å². The van der Waals surface area contributed by atoms with Crippen molar-refractivity contribution >= 4 is 17.4 Å². The zero-order valence-corrected chi connectivity index (χ0v) is 17.5. The predicted molar refractivity (Wildman–Crippen MR) is 118 cm³/mol. The van der Waals surface area contributed by atoms with Gasteiger partial charge in [0, 0.05) is 24.3 Å². The normalized spacial score (nSPS) is 31.9. The van der Waals surface area contributed by atoms with Crippen LogP contribution in [0.1, 0.15) is 51.4 Å². The highest BCUT2D eigenvalue weighted by molar-refractivity contribution is 5.95. The van der Waals surface area contributed by atoms with Crippen LogP contribution in [0.15, 0.2) is 36.4 Å². The second kappa shape index (κ2) is 7.07. The summed E-state index contributed by atoms with van der Waals surface area (Å²) in [5.74, 6) is 3.57. The summed E-state index contributed by atoms with van der Waals surface area (Å²) in [5, 5.41) is 12.1. The van der Waals surface area contributed by atoms with Crippen LogP contribution in [0.5, 0.6) is 0 Å². The number of benzene rings is 1. The molecule has 2 heterocycles. The topological polar surface area (TPSA) is 58.1 Å². The van der Waals surface area contributed by atoms with E-state index >= 15 is 0 Å². The van der Waals surface area contributed by atoms with Crippen molar-refractivity contribution in [1.82, 2.24) is 10.2 Å². The van der Waals surface area contributed by atoms with Crippen molar-refractivity contribution in [3.8, 4) is 11.3 Å². The number of anilines is 2. The third-order valence-electron chi connectivity index (χ3n) is 8.04. The van der Waals surface area contributed by atoms with Crippen molar-refractivity contribution in [2.75, 3.05) is 23.3 Å². The van der Waals surface area contributed by atoms with Crippen molar-refractivity contribution in [2.45, 2.75) is 51.4 Å². The Morgan fingerprint density at radius 1 is 0.867 bits per heavy atom. The standard InChI is InChI=1S/C25H30N4O/c30-24(25-14-17-11-18(15-25)13-19(12-17)16-25)26-21-5-3-20(4-6-21)22-7-8-23(28-27-22)29-9-1-2-10-29/h3-8,17-19H,1-2,9-16H2,(H,26,30). The third kappa shape index (κ3) is 3.19. The monoisotopic (exact) mass is 402 g/mol. The van der Waals surface area contributed by atoms with Gasteiger partial charge in [0.2, 0.25) is 5.91 Å². The van der Waals surface area contributed by atoms with E-state index in [4.69, 9.17) is 0 Å². The molecule has 5 heteroatoms. The molecule has 4 saturated carbocycles. The lowest BCUT2D eigenvalue weighted by Crippen LogP contribution is -2.51. The fourth-order valence-corrected chi connectivity index (χ4v) is 6.97. The molecule has 1 saturated heterocycles. The minimum Gasteiger partial charge on any atom is -0.355 e. The SMILES string of the molecule is O=C(Nc1ccc(-c2ccc(N3CCCC3)nn2)cc1)C12CC3CC(CC(C3)C1)C2. The molecule has 0 atom stereocenters. The van der Waals surface area contributed by atoms with Crippen LogP contribution >= 0.6 is 0 Å². The van der Waals surface area contributed by atoms with Crippen molar-refractivity contribution < 1.29 is 4.79 Å². The number of nitrogens with one attached hydrogen (secondary N) is 1. The quantitative estimate of drug-likeness (QED) is 0.790. The van der Waals surface area contributed by atoms with Gasteiger partial charge in [0.05, 0.1) is 11.1 Å². The first-order chi connectivity index (χ1) is 14.7. The molecule has 1 amide bonds. The zero-order valence-electron chi connectivity index (χ0n) is 17.5.